The van der Waals surface area contributed by atoms with Crippen LogP contribution < -0.4 is 16.4 Å². The van der Waals surface area contributed by atoms with Gasteiger partial charge >= 0.3 is 0 Å². The lowest BCUT2D eigenvalue weighted by Gasteiger charge is -2.36. The van der Waals surface area contributed by atoms with Gasteiger partial charge in [-0.3, -0.25) is 9.59 Å². The third-order valence-corrected chi connectivity index (χ3v) is 5.77. The number of rotatable bonds is 7. The van der Waals surface area contributed by atoms with Gasteiger partial charge in [0.25, 0.3) is 0 Å². The molecule has 1 aromatic carbocycles. The molecule has 0 heterocycles. The summed E-state index contributed by atoms with van der Waals surface area (Å²) in [4.78, 5) is 25.1. The van der Waals surface area contributed by atoms with Crippen LogP contribution in [0.5, 0.6) is 0 Å². The molecule has 27 heavy (non-hydrogen) atoms. The highest BCUT2D eigenvalue weighted by atomic mass is 16.2. The molecule has 1 aliphatic rings. The van der Waals surface area contributed by atoms with Crippen molar-refractivity contribution >= 4 is 11.8 Å². The van der Waals surface area contributed by atoms with Crippen LogP contribution in [0.3, 0.4) is 0 Å². The Morgan fingerprint density at radius 2 is 1.81 bits per heavy atom. The minimum Gasteiger partial charge on any atom is -0.353 e. The zero-order valence-electron chi connectivity index (χ0n) is 17.1. The minimum atomic E-state index is -0.587. The average molecular weight is 374 g/mol. The second-order valence-electron chi connectivity index (χ2n) is 8.44. The highest BCUT2D eigenvalue weighted by Gasteiger charge is 2.35. The minimum absolute atomic E-state index is 0.0503. The smallest absolute Gasteiger partial charge is 0.237 e. The van der Waals surface area contributed by atoms with Gasteiger partial charge in [0.05, 0.1) is 12.1 Å². The standard InChI is InChI=1S/C22H35N3O2/c1-14(2)18-11-10-15(3)12-19(18)22(27)24-13-20(25-21(26)16(4)23)17-8-6-5-7-9-17/h5-9,14-16,18-20H,10-13,23H2,1-4H3,(H,24,27)(H,25,26)/t15-,16+,18+,19-,20-/m1/s1. The molecule has 5 atom stereocenters. The third kappa shape index (κ3) is 6.06. The molecule has 1 aliphatic carbocycles. The van der Waals surface area contributed by atoms with Crippen molar-refractivity contribution in [1.82, 2.24) is 10.6 Å². The molecule has 150 valence electrons. The predicted octanol–water partition coefficient (Wildman–Crippen LogP) is 3.02. The lowest BCUT2D eigenvalue weighted by atomic mass is 9.70. The van der Waals surface area contributed by atoms with E-state index in [0.29, 0.717) is 24.3 Å². The van der Waals surface area contributed by atoms with E-state index in [2.05, 4.69) is 31.4 Å². The van der Waals surface area contributed by atoms with E-state index in [1.807, 2.05) is 30.3 Å². The fourth-order valence-corrected chi connectivity index (χ4v) is 4.08. The number of nitrogens with one attached hydrogen (secondary N) is 2. The van der Waals surface area contributed by atoms with Crippen LogP contribution in [0.25, 0.3) is 0 Å². The number of benzene rings is 1. The monoisotopic (exact) mass is 373 g/mol. The van der Waals surface area contributed by atoms with Gasteiger partial charge in [-0.15, -0.1) is 0 Å². The second kappa shape index (κ2) is 9.88. The van der Waals surface area contributed by atoms with Gasteiger partial charge in [0.1, 0.15) is 0 Å². The zero-order chi connectivity index (χ0) is 20.0. The molecule has 1 saturated carbocycles. The normalized spacial score (nSPS) is 24.9. The summed E-state index contributed by atoms with van der Waals surface area (Å²) in [6.07, 6.45) is 3.25. The first-order valence-corrected chi connectivity index (χ1v) is 10.2. The van der Waals surface area contributed by atoms with Gasteiger partial charge in [-0.25, -0.2) is 0 Å². The van der Waals surface area contributed by atoms with Gasteiger partial charge in [-0.05, 0) is 43.1 Å². The van der Waals surface area contributed by atoms with Crippen molar-refractivity contribution in [3.05, 3.63) is 35.9 Å². The van der Waals surface area contributed by atoms with E-state index in [4.69, 9.17) is 5.73 Å². The molecule has 5 heteroatoms. The number of nitrogens with two attached hydrogens (primary N) is 1. The van der Waals surface area contributed by atoms with Gasteiger partial charge in [0, 0.05) is 12.5 Å². The van der Waals surface area contributed by atoms with E-state index in [0.717, 1.165) is 18.4 Å². The molecular formula is C22H35N3O2. The number of amides is 2. The first-order chi connectivity index (χ1) is 12.8. The SMILES string of the molecule is CC(C)[C@@H]1CC[C@@H](C)C[C@H]1C(=O)NC[C@@H](NC(=O)[C@H](C)N)c1ccccc1. The highest BCUT2D eigenvalue weighted by Crippen LogP contribution is 2.38. The molecule has 1 fully saturated rings. The summed E-state index contributed by atoms with van der Waals surface area (Å²) in [6.45, 7) is 8.67. The van der Waals surface area contributed by atoms with E-state index in [9.17, 15) is 9.59 Å². The van der Waals surface area contributed by atoms with Crippen LogP contribution in [-0.2, 0) is 9.59 Å². The molecule has 0 bridgehead atoms. The Hall–Kier alpha value is -1.88. The van der Waals surface area contributed by atoms with E-state index >= 15 is 0 Å². The van der Waals surface area contributed by atoms with Crippen LogP contribution in [0.4, 0.5) is 0 Å². The summed E-state index contributed by atoms with van der Waals surface area (Å²) >= 11 is 0. The van der Waals surface area contributed by atoms with Crippen LogP contribution in [-0.4, -0.2) is 24.4 Å². The van der Waals surface area contributed by atoms with Gasteiger partial charge < -0.3 is 16.4 Å². The topological polar surface area (TPSA) is 84.2 Å². The molecule has 1 aromatic rings. The Balaban J connectivity index is 2.06. The summed E-state index contributed by atoms with van der Waals surface area (Å²) in [5, 5.41) is 6.06. The molecule has 0 radical (unpaired) electrons. The van der Waals surface area contributed by atoms with Gasteiger partial charge in [-0.1, -0.05) is 57.5 Å². The maximum atomic E-state index is 13.0. The lowest BCUT2D eigenvalue weighted by molar-refractivity contribution is -0.130. The predicted molar refractivity (Wildman–Crippen MR) is 109 cm³/mol. The Kier molecular flexibility index (Phi) is 7.84. The molecule has 4 N–H and O–H groups in total. The summed E-state index contributed by atoms with van der Waals surface area (Å²) in [6, 6.07) is 8.84. The van der Waals surface area contributed by atoms with Crippen LogP contribution in [0.1, 0.15) is 58.6 Å². The zero-order valence-corrected chi connectivity index (χ0v) is 17.1. The molecule has 0 aromatic heterocycles. The van der Waals surface area contributed by atoms with Crippen LogP contribution in [0, 0.1) is 23.7 Å². The second-order valence-corrected chi connectivity index (χ2v) is 8.44. The largest absolute Gasteiger partial charge is 0.353 e. The molecule has 5 nitrogen and oxygen atoms in total. The Morgan fingerprint density at radius 1 is 1.15 bits per heavy atom. The first kappa shape index (κ1) is 21.4. The molecular weight excluding hydrogens is 338 g/mol. The Bertz CT molecular complexity index is 615. The van der Waals surface area contributed by atoms with Crippen molar-refractivity contribution in [3.63, 3.8) is 0 Å². The number of hydrogen-bond donors (Lipinski definition) is 3. The Labute approximate surface area is 163 Å². The van der Waals surface area contributed by atoms with E-state index in [1.54, 1.807) is 6.92 Å². The van der Waals surface area contributed by atoms with E-state index in [-0.39, 0.29) is 23.8 Å². The number of carbonyl (C=O) groups excluding carboxylic acids is 2. The van der Waals surface area contributed by atoms with Crippen molar-refractivity contribution in [2.24, 2.45) is 29.4 Å². The van der Waals surface area contributed by atoms with Crippen LogP contribution >= 0.6 is 0 Å². The quantitative estimate of drug-likeness (QED) is 0.687. The molecule has 0 aliphatic heterocycles. The van der Waals surface area contributed by atoms with E-state index in [1.165, 1.54) is 6.42 Å². The van der Waals surface area contributed by atoms with Gasteiger partial charge in [-0.2, -0.15) is 0 Å². The van der Waals surface area contributed by atoms with Crippen molar-refractivity contribution < 1.29 is 9.59 Å². The maximum Gasteiger partial charge on any atom is 0.237 e. The van der Waals surface area contributed by atoms with Crippen molar-refractivity contribution in [2.45, 2.75) is 59.0 Å². The molecule has 2 rings (SSSR count). The summed E-state index contributed by atoms with van der Waals surface area (Å²) in [7, 11) is 0. The fraction of sp³-hybridized carbons (Fsp3) is 0.636. The van der Waals surface area contributed by atoms with Crippen molar-refractivity contribution in [1.29, 1.82) is 0 Å². The number of carbonyl (C=O) groups is 2. The molecule has 0 spiro atoms. The van der Waals surface area contributed by atoms with Crippen LogP contribution in [0.2, 0.25) is 0 Å². The molecule has 0 saturated heterocycles. The maximum absolute atomic E-state index is 13.0. The lowest BCUT2D eigenvalue weighted by Crippen LogP contribution is -2.46. The summed E-state index contributed by atoms with van der Waals surface area (Å²) in [5.41, 5.74) is 6.66. The molecule has 0 unspecified atom stereocenters. The number of hydrogen-bond acceptors (Lipinski definition) is 3. The van der Waals surface area contributed by atoms with Crippen molar-refractivity contribution in [2.75, 3.05) is 6.54 Å². The van der Waals surface area contributed by atoms with Gasteiger partial charge in [0.2, 0.25) is 11.8 Å². The van der Waals surface area contributed by atoms with Crippen molar-refractivity contribution in [3.8, 4) is 0 Å². The van der Waals surface area contributed by atoms with E-state index < -0.39 is 6.04 Å². The first-order valence-electron chi connectivity index (χ1n) is 10.2. The van der Waals surface area contributed by atoms with Crippen LogP contribution in [0.15, 0.2) is 30.3 Å². The summed E-state index contributed by atoms with van der Waals surface area (Å²) < 4.78 is 0. The third-order valence-electron chi connectivity index (χ3n) is 5.77. The molecule has 2 amide bonds. The fourth-order valence-electron chi connectivity index (χ4n) is 4.08. The highest BCUT2D eigenvalue weighted by molar-refractivity contribution is 5.82. The summed E-state index contributed by atoms with van der Waals surface area (Å²) in [5.74, 6) is 1.44. The van der Waals surface area contributed by atoms with Gasteiger partial charge in [0.15, 0.2) is 0 Å². The average Bonchev–Trinajstić information content (AvgIpc) is 2.64. The Morgan fingerprint density at radius 3 is 2.41 bits per heavy atom.